The molecule has 0 saturated carbocycles. The zero-order valence-corrected chi connectivity index (χ0v) is 18.6. The highest BCUT2D eigenvalue weighted by atomic mass is 79.9. The molecule has 28 heavy (non-hydrogen) atoms. The summed E-state index contributed by atoms with van der Waals surface area (Å²) < 4.78 is 32.4. The highest BCUT2D eigenvalue weighted by Crippen LogP contribution is 2.23. The molecule has 0 aliphatic heterocycles. The van der Waals surface area contributed by atoms with Crippen LogP contribution in [0.2, 0.25) is 0 Å². The summed E-state index contributed by atoms with van der Waals surface area (Å²) in [5, 5.41) is 2.94. The number of benzene rings is 2. The van der Waals surface area contributed by atoms with Crippen LogP contribution >= 0.6 is 15.9 Å². The molecule has 152 valence electrons. The second kappa shape index (κ2) is 10.0. The monoisotopic (exact) mass is 468 g/mol. The van der Waals surface area contributed by atoms with Gasteiger partial charge in [0.1, 0.15) is 5.75 Å². The summed E-state index contributed by atoms with van der Waals surface area (Å²) in [7, 11) is -0.553. The van der Waals surface area contributed by atoms with Crippen molar-refractivity contribution in [1.29, 1.82) is 0 Å². The van der Waals surface area contributed by atoms with Crippen molar-refractivity contribution in [2.24, 2.45) is 0 Å². The van der Waals surface area contributed by atoms with E-state index in [0.717, 1.165) is 10.0 Å². The van der Waals surface area contributed by atoms with E-state index in [4.69, 9.17) is 4.74 Å². The van der Waals surface area contributed by atoms with Crippen LogP contribution in [0.25, 0.3) is 0 Å². The van der Waals surface area contributed by atoms with Crippen molar-refractivity contribution < 1.29 is 17.9 Å². The minimum absolute atomic E-state index is 0.113. The largest absolute Gasteiger partial charge is 0.497 e. The third kappa shape index (κ3) is 5.80. The van der Waals surface area contributed by atoms with Gasteiger partial charge in [0.2, 0.25) is 15.9 Å². The van der Waals surface area contributed by atoms with Crippen molar-refractivity contribution >= 4 is 31.9 Å². The number of methoxy groups -OCH3 is 1. The van der Waals surface area contributed by atoms with Gasteiger partial charge in [0, 0.05) is 24.5 Å². The molecule has 0 saturated heterocycles. The number of hydrogen-bond acceptors (Lipinski definition) is 4. The number of nitrogens with one attached hydrogen (secondary N) is 1. The van der Waals surface area contributed by atoms with Crippen LogP contribution in [0.4, 0.5) is 0 Å². The van der Waals surface area contributed by atoms with E-state index >= 15 is 0 Å². The number of carbonyl (C=O) groups is 1. The highest BCUT2D eigenvalue weighted by Gasteiger charge is 2.21. The molecule has 0 aromatic heterocycles. The van der Waals surface area contributed by atoms with Gasteiger partial charge in [-0.3, -0.25) is 4.79 Å². The van der Waals surface area contributed by atoms with E-state index in [-0.39, 0.29) is 29.8 Å². The topological polar surface area (TPSA) is 75.7 Å². The molecule has 6 nitrogen and oxygen atoms in total. The number of carbonyl (C=O) groups excluding carboxylic acids is 1. The summed E-state index contributed by atoms with van der Waals surface area (Å²) >= 11 is 3.48. The first-order valence-corrected chi connectivity index (χ1v) is 11.1. The zero-order valence-electron chi connectivity index (χ0n) is 16.2. The molecule has 0 radical (unpaired) electrons. The average molecular weight is 469 g/mol. The van der Waals surface area contributed by atoms with Gasteiger partial charge in [0.05, 0.1) is 18.0 Å². The summed E-state index contributed by atoms with van der Waals surface area (Å²) in [5.41, 5.74) is 0.995. The van der Waals surface area contributed by atoms with E-state index < -0.39 is 10.0 Å². The summed E-state index contributed by atoms with van der Waals surface area (Å²) in [6.45, 7) is 2.17. The Balaban J connectivity index is 1.86. The van der Waals surface area contributed by atoms with E-state index in [1.807, 2.05) is 31.2 Å². The van der Waals surface area contributed by atoms with Crippen molar-refractivity contribution in [3.05, 3.63) is 58.6 Å². The molecular weight excluding hydrogens is 444 g/mol. The lowest BCUT2D eigenvalue weighted by atomic mass is 10.1. The van der Waals surface area contributed by atoms with Crippen molar-refractivity contribution in [2.45, 2.75) is 30.7 Å². The van der Waals surface area contributed by atoms with Crippen LogP contribution in [-0.2, 0) is 14.8 Å². The van der Waals surface area contributed by atoms with Crippen molar-refractivity contribution in [2.75, 3.05) is 20.7 Å². The van der Waals surface area contributed by atoms with Gasteiger partial charge in [-0.2, -0.15) is 0 Å². The Labute approximate surface area is 175 Å². The molecule has 1 atom stereocenters. The van der Waals surface area contributed by atoms with Gasteiger partial charge in [-0.05, 0) is 49.2 Å². The molecule has 1 amide bonds. The Morgan fingerprint density at radius 2 is 1.82 bits per heavy atom. The summed E-state index contributed by atoms with van der Waals surface area (Å²) in [5.74, 6) is 0.482. The standard InChI is InChI=1S/C20H25BrN2O4S/c1-15(18-7-4-5-8-19(18)21)22-20(24)9-6-14-23(2)28(25,26)17-12-10-16(27-3)11-13-17/h4-5,7-8,10-13,15H,6,9,14H2,1-3H3,(H,22,24). The van der Waals surface area contributed by atoms with E-state index in [9.17, 15) is 13.2 Å². The fraction of sp³-hybridized carbons (Fsp3) is 0.350. The lowest BCUT2D eigenvalue weighted by molar-refractivity contribution is -0.121. The van der Waals surface area contributed by atoms with Gasteiger partial charge in [0.15, 0.2) is 0 Å². The summed E-state index contributed by atoms with van der Waals surface area (Å²) in [6.07, 6.45) is 0.678. The van der Waals surface area contributed by atoms with Crippen LogP contribution in [0.5, 0.6) is 5.75 Å². The fourth-order valence-corrected chi connectivity index (χ4v) is 4.57. The third-order valence-corrected chi connectivity index (χ3v) is 6.99. The molecule has 8 heteroatoms. The highest BCUT2D eigenvalue weighted by molar-refractivity contribution is 9.10. The number of hydrogen-bond donors (Lipinski definition) is 1. The Bertz CT molecular complexity index is 901. The normalized spacial score (nSPS) is 12.6. The van der Waals surface area contributed by atoms with E-state index in [1.165, 1.54) is 30.6 Å². The first kappa shape index (κ1) is 22.4. The molecule has 0 aliphatic rings. The molecule has 1 unspecified atom stereocenters. The number of rotatable bonds is 9. The van der Waals surface area contributed by atoms with E-state index in [0.29, 0.717) is 12.2 Å². The van der Waals surface area contributed by atoms with E-state index in [1.54, 1.807) is 12.1 Å². The van der Waals surface area contributed by atoms with Crippen LogP contribution in [-0.4, -0.2) is 39.3 Å². The molecule has 0 bridgehead atoms. The van der Waals surface area contributed by atoms with Gasteiger partial charge < -0.3 is 10.1 Å². The second-order valence-electron chi connectivity index (χ2n) is 6.42. The van der Waals surface area contributed by atoms with Crippen LogP contribution in [0, 0.1) is 0 Å². The van der Waals surface area contributed by atoms with Crippen molar-refractivity contribution in [3.8, 4) is 5.75 Å². The number of amides is 1. The molecule has 0 spiro atoms. The summed E-state index contributed by atoms with van der Waals surface area (Å²) in [6, 6.07) is 13.8. The van der Waals surface area contributed by atoms with Gasteiger partial charge >= 0.3 is 0 Å². The minimum atomic E-state index is -3.59. The molecule has 0 heterocycles. The maximum atomic E-state index is 12.6. The van der Waals surface area contributed by atoms with Gasteiger partial charge in [-0.1, -0.05) is 34.1 Å². The molecular formula is C20H25BrN2O4S. The SMILES string of the molecule is COc1ccc(S(=O)(=O)N(C)CCCC(=O)NC(C)c2ccccc2Br)cc1. The first-order valence-electron chi connectivity index (χ1n) is 8.90. The Kier molecular flexibility index (Phi) is 8.03. The quantitative estimate of drug-likeness (QED) is 0.607. The van der Waals surface area contributed by atoms with Gasteiger partial charge in [-0.25, -0.2) is 12.7 Å². The molecule has 0 fully saturated rings. The lowest BCUT2D eigenvalue weighted by Crippen LogP contribution is -2.30. The Morgan fingerprint density at radius 3 is 2.43 bits per heavy atom. The Morgan fingerprint density at radius 1 is 1.18 bits per heavy atom. The fourth-order valence-electron chi connectivity index (χ4n) is 2.73. The summed E-state index contributed by atoms with van der Waals surface area (Å²) in [4.78, 5) is 12.4. The minimum Gasteiger partial charge on any atom is -0.497 e. The molecule has 0 aliphatic carbocycles. The Hall–Kier alpha value is -1.90. The van der Waals surface area contributed by atoms with Crippen LogP contribution in [0.3, 0.4) is 0 Å². The van der Waals surface area contributed by atoms with Crippen molar-refractivity contribution in [3.63, 3.8) is 0 Å². The van der Waals surface area contributed by atoms with Crippen LogP contribution < -0.4 is 10.1 Å². The average Bonchev–Trinajstić information content (AvgIpc) is 2.68. The maximum absolute atomic E-state index is 12.6. The zero-order chi connectivity index (χ0) is 20.7. The van der Waals surface area contributed by atoms with Gasteiger partial charge in [-0.15, -0.1) is 0 Å². The maximum Gasteiger partial charge on any atom is 0.242 e. The first-order chi connectivity index (χ1) is 13.3. The van der Waals surface area contributed by atoms with Crippen LogP contribution in [0.1, 0.15) is 31.4 Å². The second-order valence-corrected chi connectivity index (χ2v) is 9.32. The molecule has 2 aromatic rings. The predicted molar refractivity (Wildman–Crippen MR) is 113 cm³/mol. The number of nitrogens with zero attached hydrogens (tertiary/aromatic N) is 1. The number of halogens is 1. The molecule has 2 rings (SSSR count). The molecule has 1 N–H and O–H groups in total. The molecule has 2 aromatic carbocycles. The predicted octanol–water partition coefficient (Wildman–Crippen LogP) is 3.74. The third-order valence-electron chi connectivity index (χ3n) is 4.39. The number of ether oxygens (including phenoxy) is 1. The number of sulfonamides is 1. The lowest BCUT2D eigenvalue weighted by Gasteiger charge is -2.18. The van der Waals surface area contributed by atoms with Crippen molar-refractivity contribution in [1.82, 2.24) is 9.62 Å². The van der Waals surface area contributed by atoms with Gasteiger partial charge in [0.25, 0.3) is 0 Å². The van der Waals surface area contributed by atoms with Crippen LogP contribution in [0.15, 0.2) is 57.9 Å². The van der Waals surface area contributed by atoms with E-state index in [2.05, 4.69) is 21.2 Å². The smallest absolute Gasteiger partial charge is 0.242 e.